The zero-order valence-electron chi connectivity index (χ0n) is 14.4. The van der Waals surface area contributed by atoms with Crippen LogP contribution >= 0.6 is 11.6 Å². The molecule has 2 aromatic carbocycles. The summed E-state index contributed by atoms with van der Waals surface area (Å²) in [6, 6.07) is 17.9. The minimum Gasteiger partial charge on any atom is -0.338 e. The van der Waals surface area contributed by atoms with Gasteiger partial charge in [-0.1, -0.05) is 41.9 Å². The van der Waals surface area contributed by atoms with Crippen molar-refractivity contribution in [2.24, 2.45) is 5.92 Å². The SMILES string of the molecule is CC(c1ccccc1)N1CCC(CNC(=O)Nc2ccc(Cl)cc2)C1. The number of benzene rings is 2. The summed E-state index contributed by atoms with van der Waals surface area (Å²) in [5.74, 6) is 0.488. The summed E-state index contributed by atoms with van der Waals surface area (Å²) in [7, 11) is 0. The van der Waals surface area contributed by atoms with Crippen molar-refractivity contribution in [3.63, 3.8) is 0 Å². The Balaban J connectivity index is 1.44. The summed E-state index contributed by atoms with van der Waals surface area (Å²) in [6.45, 7) is 5.02. The molecule has 0 aromatic heterocycles. The van der Waals surface area contributed by atoms with Crippen molar-refractivity contribution in [2.45, 2.75) is 19.4 Å². The van der Waals surface area contributed by atoms with Crippen LogP contribution in [0.5, 0.6) is 0 Å². The van der Waals surface area contributed by atoms with Gasteiger partial charge < -0.3 is 10.6 Å². The Kier molecular flexibility index (Phi) is 5.95. The fourth-order valence-corrected chi connectivity index (χ4v) is 3.39. The molecule has 25 heavy (non-hydrogen) atoms. The number of hydrogen-bond acceptors (Lipinski definition) is 2. The predicted octanol–water partition coefficient (Wildman–Crippen LogP) is 4.54. The Morgan fingerprint density at radius 2 is 1.92 bits per heavy atom. The highest BCUT2D eigenvalue weighted by molar-refractivity contribution is 6.30. The number of nitrogens with zero attached hydrogens (tertiary/aromatic N) is 1. The molecule has 2 atom stereocenters. The van der Waals surface area contributed by atoms with Gasteiger partial charge in [-0.3, -0.25) is 4.90 Å². The molecule has 0 bridgehead atoms. The van der Waals surface area contributed by atoms with Crippen molar-refractivity contribution in [1.82, 2.24) is 10.2 Å². The van der Waals surface area contributed by atoms with Gasteiger partial charge in [0.15, 0.2) is 0 Å². The Morgan fingerprint density at radius 3 is 2.64 bits per heavy atom. The Labute approximate surface area is 154 Å². The van der Waals surface area contributed by atoms with Gasteiger partial charge in [0.25, 0.3) is 0 Å². The van der Waals surface area contributed by atoms with Gasteiger partial charge in [-0.05, 0) is 55.6 Å². The number of likely N-dealkylation sites (tertiary alicyclic amines) is 1. The van der Waals surface area contributed by atoms with E-state index in [-0.39, 0.29) is 6.03 Å². The zero-order chi connectivity index (χ0) is 17.6. The lowest BCUT2D eigenvalue weighted by Crippen LogP contribution is -2.34. The lowest BCUT2D eigenvalue weighted by molar-refractivity contribution is 0.243. The Morgan fingerprint density at radius 1 is 1.20 bits per heavy atom. The predicted molar refractivity (Wildman–Crippen MR) is 103 cm³/mol. The molecule has 0 saturated carbocycles. The summed E-state index contributed by atoms with van der Waals surface area (Å²) in [5.41, 5.74) is 2.09. The van der Waals surface area contributed by atoms with Gasteiger partial charge in [-0.15, -0.1) is 0 Å². The van der Waals surface area contributed by atoms with Crippen molar-refractivity contribution in [1.29, 1.82) is 0 Å². The molecule has 0 radical (unpaired) electrons. The van der Waals surface area contributed by atoms with E-state index in [0.717, 1.165) is 25.2 Å². The number of nitrogens with one attached hydrogen (secondary N) is 2. The molecule has 2 unspecified atom stereocenters. The van der Waals surface area contributed by atoms with Gasteiger partial charge in [0.2, 0.25) is 0 Å². The average Bonchev–Trinajstić information content (AvgIpc) is 3.11. The lowest BCUT2D eigenvalue weighted by Gasteiger charge is -2.24. The molecule has 4 nitrogen and oxygen atoms in total. The summed E-state index contributed by atoms with van der Waals surface area (Å²) in [4.78, 5) is 14.5. The van der Waals surface area contributed by atoms with E-state index in [1.54, 1.807) is 24.3 Å². The van der Waals surface area contributed by atoms with Crippen LogP contribution in [0.3, 0.4) is 0 Å². The van der Waals surface area contributed by atoms with Gasteiger partial charge in [0, 0.05) is 29.8 Å². The maximum Gasteiger partial charge on any atom is 0.319 e. The first kappa shape index (κ1) is 17.8. The first-order valence-electron chi connectivity index (χ1n) is 8.71. The fourth-order valence-electron chi connectivity index (χ4n) is 3.27. The highest BCUT2D eigenvalue weighted by Crippen LogP contribution is 2.26. The molecule has 1 heterocycles. The first-order chi connectivity index (χ1) is 12.1. The van der Waals surface area contributed by atoms with Crippen molar-refractivity contribution < 1.29 is 4.79 Å². The van der Waals surface area contributed by atoms with Crippen molar-refractivity contribution >= 4 is 23.3 Å². The van der Waals surface area contributed by atoms with Crippen LogP contribution < -0.4 is 10.6 Å². The van der Waals surface area contributed by atoms with Crippen molar-refractivity contribution in [2.75, 3.05) is 25.0 Å². The highest BCUT2D eigenvalue weighted by atomic mass is 35.5. The molecule has 0 spiro atoms. The van der Waals surface area contributed by atoms with E-state index < -0.39 is 0 Å². The quantitative estimate of drug-likeness (QED) is 0.824. The molecule has 1 fully saturated rings. The fraction of sp³-hybridized carbons (Fsp3) is 0.350. The summed E-state index contributed by atoms with van der Waals surface area (Å²) < 4.78 is 0. The second kappa shape index (κ2) is 8.37. The third-order valence-electron chi connectivity index (χ3n) is 4.80. The van der Waals surface area contributed by atoms with Crippen LogP contribution in [0.2, 0.25) is 5.02 Å². The molecule has 2 N–H and O–H groups in total. The van der Waals surface area contributed by atoms with Gasteiger partial charge >= 0.3 is 6.03 Å². The smallest absolute Gasteiger partial charge is 0.319 e. The summed E-state index contributed by atoms with van der Waals surface area (Å²) in [6.07, 6.45) is 1.11. The van der Waals surface area contributed by atoms with E-state index in [4.69, 9.17) is 11.6 Å². The Bertz CT molecular complexity index is 690. The number of amides is 2. The van der Waals surface area contributed by atoms with E-state index in [2.05, 4.69) is 46.7 Å². The van der Waals surface area contributed by atoms with E-state index in [1.165, 1.54) is 5.56 Å². The third kappa shape index (κ3) is 4.97. The van der Waals surface area contributed by atoms with Crippen LogP contribution in [-0.2, 0) is 0 Å². The number of carbonyl (C=O) groups is 1. The zero-order valence-corrected chi connectivity index (χ0v) is 15.2. The van der Waals surface area contributed by atoms with Crippen LogP contribution in [0.25, 0.3) is 0 Å². The van der Waals surface area contributed by atoms with Gasteiger partial charge in [-0.25, -0.2) is 4.79 Å². The van der Waals surface area contributed by atoms with Crippen LogP contribution in [0.15, 0.2) is 54.6 Å². The summed E-state index contributed by atoms with van der Waals surface area (Å²) >= 11 is 5.85. The van der Waals surface area contributed by atoms with Gasteiger partial charge in [0.05, 0.1) is 0 Å². The largest absolute Gasteiger partial charge is 0.338 e. The normalized spacial score (nSPS) is 18.7. The number of urea groups is 1. The maximum atomic E-state index is 12.0. The number of carbonyl (C=O) groups excluding carboxylic acids is 1. The van der Waals surface area contributed by atoms with Crippen LogP contribution in [0.1, 0.15) is 24.9 Å². The molecule has 2 amide bonds. The molecule has 132 valence electrons. The molecule has 0 aliphatic carbocycles. The topological polar surface area (TPSA) is 44.4 Å². The average molecular weight is 358 g/mol. The minimum absolute atomic E-state index is 0.170. The third-order valence-corrected chi connectivity index (χ3v) is 5.05. The van der Waals surface area contributed by atoms with Crippen LogP contribution in [0, 0.1) is 5.92 Å². The summed E-state index contributed by atoms with van der Waals surface area (Å²) in [5, 5.41) is 6.46. The molecule has 1 aliphatic rings. The van der Waals surface area contributed by atoms with E-state index in [9.17, 15) is 4.79 Å². The standard InChI is InChI=1S/C20H24ClN3O/c1-15(17-5-3-2-4-6-17)24-12-11-16(14-24)13-22-20(25)23-19-9-7-18(21)8-10-19/h2-10,15-16H,11-14H2,1H3,(H2,22,23,25). The van der Waals surface area contributed by atoms with E-state index >= 15 is 0 Å². The minimum atomic E-state index is -0.170. The van der Waals surface area contributed by atoms with Crippen molar-refractivity contribution in [3.05, 3.63) is 65.2 Å². The molecule has 3 rings (SSSR count). The van der Waals surface area contributed by atoms with Crippen molar-refractivity contribution in [3.8, 4) is 0 Å². The second-order valence-electron chi connectivity index (χ2n) is 6.58. The number of anilines is 1. The maximum absolute atomic E-state index is 12.0. The van der Waals surface area contributed by atoms with Crippen LogP contribution in [0.4, 0.5) is 10.5 Å². The van der Waals surface area contributed by atoms with Crippen LogP contribution in [-0.4, -0.2) is 30.6 Å². The number of hydrogen-bond donors (Lipinski definition) is 2. The second-order valence-corrected chi connectivity index (χ2v) is 7.01. The Hall–Kier alpha value is -2.04. The van der Waals surface area contributed by atoms with E-state index in [0.29, 0.717) is 23.5 Å². The molecule has 5 heteroatoms. The number of rotatable bonds is 5. The first-order valence-corrected chi connectivity index (χ1v) is 9.09. The van der Waals surface area contributed by atoms with Gasteiger partial charge in [-0.2, -0.15) is 0 Å². The van der Waals surface area contributed by atoms with Gasteiger partial charge in [0.1, 0.15) is 0 Å². The highest BCUT2D eigenvalue weighted by Gasteiger charge is 2.26. The van der Waals surface area contributed by atoms with E-state index in [1.807, 2.05) is 6.07 Å². The molecule has 1 saturated heterocycles. The monoisotopic (exact) mass is 357 g/mol. The molecule has 2 aromatic rings. The molecular formula is C20H24ClN3O. The molecular weight excluding hydrogens is 334 g/mol. The number of halogens is 1. The lowest BCUT2D eigenvalue weighted by atomic mass is 10.1. The molecule has 1 aliphatic heterocycles.